The molecular weight excluding hydrogens is 359 g/mol. The number of alkyl halides is 3. The van der Waals surface area contributed by atoms with E-state index in [1.807, 2.05) is 4.90 Å². The van der Waals surface area contributed by atoms with Gasteiger partial charge in [-0.1, -0.05) is 18.2 Å². The van der Waals surface area contributed by atoms with Crippen molar-refractivity contribution in [3.63, 3.8) is 0 Å². The molecule has 0 aliphatic carbocycles. The van der Waals surface area contributed by atoms with Crippen LogP contribution < -0.4 is 5.56 Å². The van der Waals surface area contributed by atoms with Crippen LogP contribution in [-0.4, -0.2) is 46.9 Å². The van der Waals surface area contributed by atoms with E-state index >= 15 is 0 Å². The van der Waals surface area contributed by atoms with Crippen LogP contribution in [0.15, 0.2) is 41.2 Å². The fraction of sp³-hybridized carbons (Fsp3) is 0.368. The summed E-state index contributed by atoms with van der Waals surface area (Å²) in [6.45, 7) is 4.03. The average Bonchev–Trinajstić information content (AvgIpc) is 2.61. The van der Waals surface area contributed by atoms with Gasteiger partial charge in [0.15, 0.2) is 0 Å². The van der Waals surface area contributed by atoms with Gasteiger partial charge in [0.05, 0.1) is 5.56 Å². The molecule has 1 aliphatic rings. The van der Waals surface area contributed by atoms with Crippen LogP contribution in [0.3, 0.4) is 0 Å². The van der Waals surface area contributed by atoms with Crippen LogP contribution in [0.1, 0.15) is 27.2 Å². The van der Waals surface area contributed by atoms with Gasteiger partial charge in [0.2, 0.25) is 0 Å². The van der Waals surface area contributed by atoms with Gasteiger partial charge < -0.3 is 9.88 Å². The Hall–Kier alpha value is -2.61. The van der Waals surface area contributed by atoms with Crippen molar-refractivity contribution in [2.75, 3.05) is 26.2 Å². The van der Waals surface area contributed by atoms with E-state index in [0.717, 1.165) is 12.1 Å². The molecule has 1 fully saturated rings. The van der Waals surface area contributed by atoms with E-state index in [-0.39, 0.29) is 11.5 Å². The SMILES string of the molecule is Cc1ccc(C(=O)N2CCN(Cc3cccc(C(F)(F)F)c3)CC2)c(=O)[nH]1. The first kappa shape index (κ1) is 19.2. The third kappa shape index (κ3) is 4.57. The molecule has 2 aromatic rings. The van der Waals surface area contributed by atoms with Crippen molar-refractivity contribution in [3.05, 3.63) is 69.1 Å². The molecule has 1 saturated heterocycles. The maximum absolute atomic E-state index is 12.8. The van der Waals surface area contributed by atoms with Gasteiger partial charge in [0.1, 0.15) is 5.56 Å². The average molecular weight is 379 g/mol. The van der Waals surface area contributed by atoms with E-state index in [2.05, 4.69) is 4.98 Å². The number of aromatic nitrogens is 1. The summed E-state index contributed by atoms with van der Waals surface area (Å²) in [5.41, 5.74) is 0.299. The summed E-state index contributed by atoms with van der Waals surface area (Å²) in [5, 5.41) is 0. The summed E-state index contributed by atoms with van der Waals surface area (Å²) < 4.78 is 38.5. The Morgan fingerprint density at radius 2 is 1.81 bits per heavy atom. The number of hydrogen-bond donors (Lipinski definition) is 1. The van der Waals surface area contributed by atoms with Crippen LogP contribution in [0.2, 0.25) is 0 Å². The summed E-state index contributed by atoms with van der Waals surface area (Å²) in [6, 6.07) is 8.48. The molecule has 1 aliphatic heterocycles. The largest absolute Gasteiger partial charge is 0.416 e. The van der Waals surface area contributed by atoms with Gasteiger partial charge in [0, 0.05) is 38.4 Å². The zero-order valence-electron chi connectivity index (χ0n) is 14.8. The van der Waals surface area contributed by atoms with Crippen LogP contribution in [0.4, 0.5) is 13.2 Å². The summed E-state index contributed by atoms with van der Waals surface area (Å²) in [4.78, 5) is 30.7. The van der Waals surface area contributed by atoms with E-state index < -0.39 is 17.3 Å². The molecule has 0 spiro atoms. The number of aryl methyl sites for hydroxylation is 1. The first-order chi connectivity index (χ1) is 12.7. The fourth-order valence-corrected chi connectivity index (χ4v) is 3.12. The fourth-order valence-electron chi connectivity index (χ4n) is 3.12. The number of nitrogens with zero attached hydrogens (tertiary/aromatic N) is 2. The highest BCUT2D eigenvalue weighted by molar-refractivity contribution is 5.93. The number of carbonyl (C=O) groups is 1. The third-order valence-electron chi connectivity index (χ3n) is 4.61. The van der Waals surface area contributed by atoms with Crippen LogP contribution in [0.5, 0.6) is 0 Å². The van der Waals surface area contributed by atoms with Crippen LogP contribution in [0.25, 0.3) is 0 Å². The molecular formula is C19H20F3N3O2. The van der Waals surface area contributed by atoms with E-state index in [9.17, 15) is 22.8 Å². The number of H-pyrrole nitrogens is 1. The molecule has 1 amide bonds. The summed E-state index contributed by atoms with van der Waals surface area (Å²) >= 11 is 0. The third-order valence-corrected chi connectivity index (χ3v) is 4.61. The van der Waals surface area contributed by atoms with Crippen LogP contribution in [0, 0.1) is 6.92 Å². The predicted molar refractivity (Wildman–Crippen MR) is 94.4 cm³/mol. The van der Waals surface area contributed by atoms with Crippen LogP contribution >= 0.6 is 0 Å². The zero-order chi connectivity index (χ0) is 19.6. The molecule has 0 unspecified atom stereocenters. The Balaban J connectivity index is 1.61. The molecule has 1 N–H and O–H groups in total. The lowest BCUT2D eigenvalue weighted by Crippen LogP contribution is -2.49. The molecule has 2 heterocycles. The Bertz CT molecular complexity index is 884. The number of rotatable bonds is 3. The standard InChI is InChI=1S/C19H20F3N3O2/c1-13-5-6-16(17(26)23-13)18(27)25-9-7-24(8-10-25)12-14-3-2-4-15(11-14)19(20,21)22/h2-6,11H,7-10,12H2,1H3,(H,23,26). The maximum atomic E-state index is 12.8. The Kier molecular flexibility index (Phi) is 5.36. The topological polar surface area (TPSA) is 56.4 Å². The number of piperazine rings is 1. The minimum absolute atomic E-state index is 0.104. The number of pyridine rings is 1. The molecule has 0 atom stereocenters. The smallest absolute Gasteiger partial charge is 0.336 e. The Morgan fingerprint density at radius 3 is 2.44 bits per heavy atom. The summed E-state index contributed by atoms with van der Waals surface area (Å²) in [6.07, 6.45) is -4.36. The van der Waals surface area contributed by atoms with Gasteiger partial charge in [-0.2, -0.15) is 13.2 Å². The van der Waals surface area contributed by atoms with Gasteiger partial charge in [-0.25, -0.2) is 0 Å². The summed E-state index contributed by atoms with van der Waals surface area (Å²) in [5.74, 6) is -0.324. The molecule has 3 rings (SSSR count). The van der Waals surface area contributed by atoms with Crippen molar-refractivity contribution >= 4 is 5.91 Å². The molecule has 5 nitrogen and oxygen atoms in total. The quantitative estimate of drug-likeness (QED) is 0.892. The molecule has 0 bridgehead atoms. The highest BCUT2D eigenvalue weighted by atomic mass is 19.4. The number of benzene rings is 1. The van der Waals surface area contributed by atoms with Crippen molar-refractivity contribution in [2.45, 2.75) is 19.6 Å². The Labute approximate surface area is 154 Å². The highest BCUT2D eigenvalue weighted by Gasteiger charge is 2.30. The van der Waals surface area contributed by atoms with E-state index in [0.29, 0.717) is 44.0 Å². The lowest BCUT2D eigenvalue weighted by molar-refractivity contribution is -0.137. The summed E-state index contributed by atoms with van der Waals surface area (Å²) in [7, 11) is 0. The van der Waals surface area contributed by atoms with Gasteiger partial charge in [-0.05, 0) is 30.7 Å². The van der Waals surface area contributed by atoms with E-state index in [4.69, 9.17) is 0 Å². The lowest BCUT2D eigenvalue weighted by atomic mass is 10.1. The van der Waals surface area contributed by atoms with E-state index in [1.54, 1.807) is 24.0 Å². The number of carbonyl (C=O) groups excluding carboxylic acids is 1. The molecule has 0 saturated carbocycles. The lowest BCUT2D eigenvalue weighted by Gasteiger charge is -2.34. The number of amides is 1. The van der Waals surface area contributed by atoms with Crippen molar-refractivity contribution in [2.24, 2.45) is 0 Å². The minimum Gasteiger partial charge on any atom is -0.336 e. The van der Waals surface area contributed by atoms with Crippen molar-refractivity contribution in [1.29, 1.82) is 0 Å². The van der Waals surface area contributed by atoms with Crippen molar-refractivity contribution in [1.82, 2.24) is 14.8 Å². The van der Waals surface area contributed by atoms with E-state index in [1.165, 1.54) is 12.1 Å². The first-order valence-corrected chi connectivity index (χ1v) is 8.62. The molecule has 144 valence electrons. The van der Waals surface area contributed by atoms with Gasteiger partial charge in [-0.3, -0.25) is 14.5 Å². The maximum Gasteiger partial charge on any atom is 0.416 e. The predicted octanol–water partition coefficient (Wildman–Crippen LogP) is 2.66. The zero-order valence-corrected chi connectivity index (χ0v) is 14.8. The number of hydrogen-bond acceptors (Lipinski definition) is 3. The van der Waals surface area contributed by atoms with Crippen molar-refractivity contribution < 1.29 is 18.0 Å². The molecule has 8 heteroatoms. The highest BCUT2D eigenvalue weighted by Crippen LogP contribution is 2.29. The van der Waals surface area contributed by atoms with Gasteiger partial charge in [0.25, 0.3) is 11.5 Å². The molecule has 1 aromatic heterocycles. The van der Waals surface area contributed by atoms with Crippen LogP contribution in [-0.2, 0) is 12.7 Å². The number of nitrogens with one attached hydrogen (secondary N) is 1. The molecule has 1 aromatic carbocycles. The van der Waals surface area contributed by atoms with Crippen molar-refractivity contribution in [3.8, 4) is 0 Å². The normalized spacial score (nSPS) is 15.8. The second-order valence-electron chi connectivity index (χ2n) is 6.65. The number of aromatic amines is 1. The monoisotopic (exact) mass is 379 g/mol. The second-order valence-corrected chi connectivity index (χ2v) is 6.65. The van der Waals surface area contributed by atoms with Gasteiger partial charge in [-0.15, -0.1) is 0 Å². The molecule has 27 heavy (non-hydrogen) atoms. The van der Waals surface area contributed by atoms with Gasteiger partial charge >= 0.3 is 6.18 Å². The Morgan fingerprint density at radius 1 is 1.11 bits per heavy atom. The molecule has 0 radical (unpaired) electrons. The minimum atomic E-state index is -4.36. The second kappa shape index (κ2) is 7.56. The first-order valence-electron chi connectivity index (χ1n) is 8.62. The number of halogens is 3.